The second kappa shape index (κ2) is 3.56. The summed E-state index contributed by atoms with van der Waals surface area (Å²) < 4.78 is 2.01. The van der Waals surface area contributed by atoms with Gasteiger partial charge in [0.2, 0.25) is 0 Å². The molecule has 0 N–H and O–H groups in total. The molecule has 16 heavy (non-hydrogen) atoms. The molecule has 0 saturated heterocycles. The fourth-order valence-corrected chi connectivity index (χ4v) is 1.82. The van der Waals surface area contributed by atoms with Crippen LogP contribution in [0.1, 0.15) is 34.9 Å². The van der Waals surface area contributed by atoms with Crippen LogP contribution in [0.4, 0.5) is 0 Å². The summed E-state index contributed by atoms with van der Waals surface area (Å²) in [5.74, 6) is 1.65. The maximum atomic E-state index is 10.7. The van der Waals surface area contributed by atoms with E-state index in [2.05, 4.69) is 9.97 Å². The SMILES string of the molecule is O=Cc1cncc(-n2ccnc2C2CC2)c1. The zero-order valence-electron chi connectivity index (χ0n) is 8.71. The number of carbonyl (C=O) groups is 1. The first-order valence-corrected chi connectivity index (χ1v) is 5.32. The average molecular weight is 213 g/mol. The van der Waals surface area contributed by atoms with Gasteiger partial charge in [-0.05, 0) is 18.9 Å². The molecule has 0 amide bonds. The highest BCUT2D eigenvalue weighted by molar-refractivity contribution is 5.75. The van der Waals surface area contributed by atoms with E-state index in [1.54, 1.807) is 18.6 Å². The third-order valence-electron chi connectivity index (χ3n) is 2.77. The Morgan fingerprint density at radius 3 is 3.00 bits per heavy atom. The van der Waals surface area contributed by atoms with E-state index in [-0.39, 0.29) is 0 Å². The van der Waals surface area contributed by atoms with E-state index >= 15 is 0 Å². The Morgan fingerprint density at radius 1 is 1.38 bits per heavy atom. The van der Waals surface area contributed by atoms with E-state index in [0.29, 0.717) is 11.5 Å². The van der Waals surface area contributed by atoms with Crippen molar-refractivity contribution in [3.63, 3.8) is 0 Å². The van der Waals surface area contributed by atoms with Crippen molar-refractivity contribution in [2.45, 2.75) is 18.8 Å². The highest BCUT2D eigenvalue weighted by Crippen LogP contribution is 2.39. The van der Waals surface area contributed by atoms with Crippen LogP contribution < -0.4 is 0 Å². The molecule has 2 heterocycles. The summed E-state index contributed by atoms with van der Waals surface area (Å²) in [6.45, 7) is 0. The minimum Gasteiger partial charge on any atom is -0.302 e. The average Bonchev–Trinajstić information content (AvgIpc) is 3.07. The molecule has 2 aromatic heterocycles. The molecule has 0 bridgehead atoms. The minimum absolute atomic E-state index is 0.579. The van der Waals surface area contributed by atoms with Gasteiger partial charge in [0.15, 0.2) is 6.29 Å². The predicted molar refractivity (Wildman–Crippen MR) is 58.7 cm³/mol. The lowest BCUT2D eigenvalue weighted by Gasteiger charge is -2.06. The smallest absolute Gasteiger partial charge is 0.151 e. The predicted octanol–water partition coefficient (Wildman–Crippen LogP) is 1.96. The first kappa shape index (κ1) is 9.27. The summed E-state index contributed by atoms with van der Waals surface area (Å²) in [4.78, 5) is 19.1. The van der Waals surface area contributed by atoms with Gasteiger partial charge in [0.1, 0.15) is 5.82 Å². The van der Waals surface area contributed by atoms with Crippen LogP contribution in [0.2, 0.25) is 0 Å². The maximum absolute atomic E-state index is 10.7. The number of carbonyl (C=O) groups excluding carboxylic acids is 1. The van der Waals surface area contributed by atoms with Crippen molar-refractivity contribution < 1.29 is 4.79 Å². The largest absolute Gasteiger partial charge is 0.302 e. The molecule has 0 unspecified atom stereocenters. The van der Waals surface area contributed by atoms with Crippen molar-refractivity contribution >= 4 is 6.29 Å². The number of hydrogen-bond donors (Lipinski definition) is 0. The van der Waals surface area contributed by atoms with Crippen LogP contribution in [0.15, 0.2) is 30.9 Å². The van der Waals surface area contributed by atoms with E-state index in [4.69, 9.17) is 0 Å². The topological polar surface area (TPSA) is 47.8 Å². The van der Waals surface area contributed by atoms with E-state index in [0.717, 1.165) is 17.8 Å². The van der Waals surface area contributed by atoms with Crippen LogP contribution in [0.5, 0.6) is 0 Å². The highest BCUT2D eigenvalue weighted by Gasteiger charge is 2.28. The molecule has 80 valence electrons. The van der Waals surface area contributed by atoms with Crippen LogP contribution >= 0.6 is 0 Å². The second-order valence-electron chi connectivity index (χ2n) is 4.02. The molecule has 4 heteroatoms. The van der Waals surface area contributed by atoms with Crippen molar-refractivity contribution in [3.8, 4) is 5.69 Å². The lowest BCUT2D eigenvalue weighted by atomic mass is 10.3. The summed E-state index contributed by atoms with van der Waals surface area (Å²) >= 11 is 0. The molecule has 0 aliphatic heterocycles. The monoisotopic (exact) mass is 213 g/mol. The van der Waals surface area contributed by atoms with Gasteiger partial charge in [0.25, 0.3) is 0 Å². The van der Waals surface area contributed by atoms with Gasteiger partial charge in [-0.15, -0.1) is 0 Å². The number of nitrogens with zero attached hydrogens (tertiary/aromatic N) is 3. The lowest BCUT2D eigenvalue weighted by molar-refractivity contribution is 0.112. The molecule has 1 saturated carbocycles. The molecule has 0 spiro atoms. The number of rotatable bonds is 3. The van der Waals surface area contributed by atoms with E-state index in [1.165, 1.54) is 12.8 Å². The normalized spacial score (nSPS) is 15.0. The Bertz CT molecular complexity index is 529. The van der Waals surface area contributed by atoms with Crippen LogP contribution in [0.3, 0.4) is 0 Å². The maximum Gasteiger partial charge on any atom is 0.151 e. The molecule has 0 aromatic carbocycles. The van der Waals surface area contributed by atoms with Gasteiger partial charge in [-0.1, -0.05) is 0 Å². The Labute approximate surface area is 93.0 Å². The lowest BCUT2D eigenvalue weighted by Crippen LogP contribution is -2.00. The summed E-state index contributed by atoms with van der Waals surface area (Å²) in [6.07, 6.45) is 10.2. The number of aromatic nitrogens is 3. The molecule has 3 rings (SSSR count). The van der Waals surface area contributed by atoms with E-state index < -0.39 is 0 Å². The van der Waals surface area contributed by atoms with Crippen LogP contribution in [-0.2, 0) is 0 Å². The van der Waals surface area contributed by atoms with Crippen molar-refractivity contribution in [3.05, 3.63) is 42.2 Å². The summed E-state index contributed by atoms with van der Waals surface area (Å²) in [7, 11) is 0. The fraction of sp³-hybridized carbons (Fsp3) is 0.250. The van der Waals surface area contributed by atoms with Gasteiger partial charge < -0.3 is 4.57 Å². The van der Waals surface area contributed by atoms with Gasteiger partial charge in [0, 0.05) is 30.1 Å². The zero-order valence-corrected chi connectivity index (χ0v) is 8.71. The summed E-state index contributed by atoms with van der Waals surface area (Å²) in [5.41, 5.74) is 1.50. The van der Waals surface area contributed by atoms with Crippen molar-refractivity contribution in [1.82, 2.24) is 14.5 Å². The van der Waals surface area contributed by atoms with E-state index in [1.807, 2.05) is 16.8 Å². The highest BCUT2D eigenvalue weighted by atomic mass is 16.1. The number of pyridine rings is 1. The number of imidazole rings is 1. The molecule has 1 fully saturated rings. The van der Waals surface area contributed by atoms with Gasteiger partial charge in [-0.25, -0.2) is 4.98 Å². The van der Waals surface area contributed by atoms with Crippen LogP contribution in [0, 0.1) is 0 Å². The molecule has 1 aliphatic rings. The molecular formula is C12H11N3O. The molecule has 0 radical (unpaired) electrons. The molecular weight excluding hydrogens is 202 g/mol. The number of hydrogen-bond acceptors (Lipinski definition) is 3. The van der Waals surface area contributed by atoms with Gasteiger partial charge in [0.05, 0.1) is 11.9 Å². The Hall–Kier alpha value is -1.97. The Kier molecular flexibility index (Phi) is 2.06. The number of aldehydes is 1. The van der Waals surface area contributed by atoms with Crippen LogP contribution in [-0.4, -0.2) is 20.8 Å². The molecule has 4 nitrogen and oxygen atoms in total. The zero-order chi connectivity index (χ0) is 11.0. The van der Waals surface area contributed by atoms with Crippen molar-refractivity contribution in [1.29, 1.82) is 0 Å². The minimum atomic E-state index is 0.579. The van der Waals surface area contributed by atoms with Crippen molar-refractivity contribution in [2.24, 2.45) is 0 Å². The molecule has 1 aliphatic carbocycles. The van der Waals surface area contributed by atoms with Gasteiger partial charge in [-0.3, -0.25) is 9.78 Å². The third-order valence-corrected chi connectivity index (χ3v) is 2.77. The fourth-order valence-electron chi connectivity index (χ4n) is 1.82. The van der Waals surface area contributed by atoms with Gasteiger partial charge >= 0.3 is 0 Å². The Morgan fingerprint density at radius 2 is 2.25 bits per heavy atom. The third kappa shape index (κ3) is 1.52. The first-order chi connectivity index (χ1) is 7.88. The molecule has 0 atom stereocenters. The van der Waals surface area contributed by atoms with E-state index in [9.17, 15) is 4.79 Å². The molecule has 2 aromatic rings. The van der Waals surface area contributed by atoms with Crippen molar-refractivity contribution in [2.75, 3.05) is 0 Å². The Balaban J connectivity index is 2.06. The second-order valence-corrected chi connectivity index (χ2v) is 4.02. The standard InChI is InChI=1S/C12H11N3O/c16-8-9-5-11(7-13-6-9)15-4-3-14-12(15)10-1-2-10/h3-8,10H,1-2H2. The quantitative estimate of drug-likeness (QED) is 0.732. The summed E-state index contributed by atoms with van der Waals surface area (Å²) in [6, 6.07) is 1.83. The first-order valence-electron chi connectivity index (χ1n) is 5.32. The van der Waals surface area contributed by atoms with Crippen LogP contribution in [0.25, 0.3) is 5.69 Å². The van der Waals surface area contributed by atoms with Gasteiger partial charge in [-0.2, -0.15) is 0 Å². The summed E-state index contributed by atoms with van der Waals surface area (Å²) in [5, 5.41) is 0.